The Morgan fingerprint density at radius 1 is 0.914 bits per heavy atom. The van der Waals surface area contributed by atoms with E-state index >= 15 is 0 Å². The zero-order valence-electron chi connectivity index (χ0n) is 19.7. The summed E-state index contributed by atoms with van der Waals surface area (Å²) in [6.45, 7) is 4.43. The van der Waals surface area contributed by atoms with Crippen molar-refractivity contribution >= 4 is 11.9 Å². The van der Waals surface area contributed by atoms with E-state index in [4.69, 9.17) is 9.47 Å². The maximum absolute atomic E-state index is 12.7. The molecule has 0 saturated carbocycles. The number of ether oxygens (including phenoxy) is 2. The van der Waals surface area contributed by atoms with Crippen LogP contribution in [0.5, 0.6) is 0 Å². The van der Waals surface area contributed by atoms with Crippen LogP contribution in [0.3, 0.4) is 0 Å². The van der Waals surface area contributed by atoms with E-state index in [0.29, 0.717) is 11.1 Å². The third-order valence-corrected chi connectivity index (χ3v) is 5.81. The molecule has 0 unspecified atom stereocenters. The van der Waals surface area contributed by atoms with E-state index < -0.39 is 12.0 Å². The molecule has 178 valence electrons. The molecule has 0 aliphatic carbocycles. The molecule has 1 amide bonds. The highest BCUT2D eigenvalue weighted by Crippen LogP contribution is 2.16. The fourth-order valence-corrected chi connectivity index (χ4v) is 3.82. The first kappa shape index (κ1) is 24.2. The molecule has 1 heterocycles. The summed E-state index contributed by atoms with van der Waals surface area (Å²) in [4.78, 5) is 27.3. The van der Waals surface area contributed by atoms with Crippen LogP contribution in [0.15, 0.2) is 78.9 Å². The molecule has 0 spiro atoms. The van der Waals surface area contributed by atoms with Gasteiger partial charge in [0.1, 0.15) is 0 Å². The number of hydrogen-bond donors (Lipinski definition) is 1. The lowest BCUT2D eigenvalue weighted by Gasteiger charge is -2.26. The number of carbonyl (C=O) groups is 2. The summed E-state index contributed by atoms with van der Waals surface area (Å²) < 4.78 is 10.3. The molecule has 0 bridgehead atoms. The molecule has 1 N–H and O–H groups in total. The lowest BCUT2D eigenvalue weighted by molar-refractivity contribution is -0.143. The highest BCUT2D eigenvalue weighted by Gasteiger charge is 2.23. The fourth-order valence-electron chi connectivity index (χ4n) is 3.82. The van der Waals surface area contributed by atoms with Crippen molar-refractivity contribution < 1.29 is 19.1 Å². The van der Waals surface area contributed by atoms with E-state index in [1.54, 1.807) is 36.4 Å². The van der Waals surface area contributed by atoms with Crippen molar-refractivity contribution in [1.82, 2.24) is 10.2 Å². The smallest absolute Gasteiger partial charge is 0.333 e. The average Bonchev–Trinajstić information content (AvgIpc) is 2.92. The van der Waals surface area contributed by atoms with Gasteiger partial charge >= 0.3 is 5.97 Å². The molecule has 3 aromatic rings. The predicted molar refractivity (Wildman–Crippen MR) is 134 cm³/mol. The van der Waals surface area contributed by atoms with Crippen LogP contribution in [-0.4, -0.2) is 50.2 Å². The van der Waals surface area contributed by atoms with Crippen molar-refractivity contribution in [2.24, 2.45) is 0 Å². The largest absolute Gasteiger partial charge is 0.467 e. The first-order chi connectivity index (χ1) is 17.1. The lowest BCUT2D eigenvalue weighted by atomic mass is 10.1. The fraction of sp³-hybridized carbons (Fsp3) is 0.241. The van der Waals surface area contributed by atoms with Gasteiger partial charge in [0.2, 0.25) is 0 Å². The highest BCUT2D eigenvalue weighted by atomic mass is 16.5. The molecule has 4 rings (SSSR count). The number of morpholine rings is 1. The molecule has 1 aliphatic heterocycles. The van der Waals surface area contributed by atoms with Gasteiger partial charge in [-0.05, 0) is 47.5 Å². The van der Waals surface area contributed by atoms with Crippen LogP contribution in [0.2, 0.25) is 0 Å². The number of nitrogens with one attached hydrogen (secondary N) is 1. The molecule has 35 heavy (non-hydrogen) atoms. The van der Waals surface area contributed by atoms with Crippen LogP contribution >= 0.6 is 0 Å². The summed E-state index contributed by atoms with van der Waals surface area (Å²) in [6, 6.07) is 23.4. The van der Waals surface area contributed by atoms with Crippen molar-refractivity contribution in [1.29, 1.82) is 0 Å². The van der Waals surface area contributed by atoms with Gasteiger partial charge in [-0.3, -0.25) is 9.69 Å². The number of nitrogens with zero attached hydrogens (tertiary/aromatic N) is 1. The molecule has 0 aromatic heterocycles. The Balaban J connectivity index is 1.37. The Labute approximate surface area is 205 Å². The van der Waals surface area contributed by atoms with Crippen molar-refractivity contribution in [3.63, 3.8) is 0 Å². The monoisotopic (exact) mass is 468 g/mol. The standard InChI is InChI=1S/C29H28N2O4/c1-34-29(33)27(25-5-3-2-4-6-25)30-28(32)26-15-13-23(14-16-26)8-7-22-9-11-24(12-10-22)21-31-17-19-35-20-18-31/h2-6,9-16,27H,17-21H2,1H3,(H,30,32)/t27-/m0/s1. The number of methoxy groups -OCH3 is 1. The van der Waals surface area contributed by atoms with Crippen LogP contribution in [0.1, 0.15) is 38.7 Å². The minimum Gasteiger partial charge on any atom is -0.467 e. The number of benzene rings is 3. The second-order valence-electron chi connectivity index (χ2n) is 8.25. The molecule has 1 aliphatic rings. The Morgan fingerprint density at radius 2 is 1.51 bits per heavy atom. The van der Waals surface area contributed by atoms with Gasteiger partial charge in [0.25, 0.3) is 5.91 Å². The van der Waals surface area contributed by atoms with Gasteiger partial charge in [-0.25, -0.2) is 4.79 Å². The van der Waals surface area contributed by atoms with E-state index in [0.717, 1.165) is 44.0 Å². The lowest BCUT2D eigenvalue weighted by Crippen LogP contribution is -2.35. The Hall–Kier alpha value is -3.92. The molecular formula is C29H28N2O4. The zero-order valence-corrected chi connectivity index (χ0v) is 19.7. The van der Waals surface area contributed by atoms with Gasteiger partial charge in [-0.1, -0.05) is 54.3 Å². The van der Waals surface area contributed by atoms with E-state index in [-0.39, 0.29) is 5.91 Å². The van der Waals surface area contributed by atoms with Gasteiger partial charge in [0.15, 0.2) is 6.04 Å². The number of hydrogen-bond acceptors (Lipinski definition) is 5. The Kier molecular flexibility index (Phi) is 8.29. The van der Waals surface area contributed by atoms with Gasteiger partial charge in [-0.2, -0.15) is 0 Å². The highest BCUT2D eigenvalue weighted by molar-refractivity contribution is 5.97. The summed E-state index contributed by atoms with van der Waals surface area (Å²) in [7, 11) is 1.30. The van der Waals surface area contributed by atoms with Gasteiger partial charge in [-0.15, -0.1) is 0 Å². The third-order valence-electron chi connectivity index (χ3n) is 5.81. The Bertz CT molecular complexity index is 1190. The molecule has 1 atom stereocenters. The minimum atomic E-state index is -0.876. The number of rotatable bonds is 6. The van der Waals surface area contributed by atoms with Crippen LogP contribution in [0.4, 0.5) is 0 Å². The third kappa shape index (κ3) is 6.80. The van der Waals surface area contributed by atoms with Gasteiger partial charge in [0.05, 0.1) is 20.3 Å². The quantitative estimate of drug-likeness (QED) is 0.443. The molecular weight excluding hydrogens is 440 g/mol. The van der Waals surface area contributed by atoms with Gasteiger partial charge < -0.3 is 14.8 Å². The van der Waals surface area contributed by atoms with Crippen molar-refractivity contribution in [3.05, 3.63) is 107 Å². The molecule has 1 saturated heterocycles. The second-order valence-corrected chi connectivity index (χ2v) is 8.25. The zero-order chi connectivity index (χ0) is 24.5. The van der Waals surface area contributed by atoms with Crippen LogP contribution in [-0.2, 0) is 20.8 Å². The second kappa shape index (κ2) is 12.0. The van der Waals surface area contributed by atoms with E-state index in [9.17, 15) is 9.59 Å². The summed E-state index contributed by atoms with van der Waals surface area (Å²) in [5.41, 5.74) is 4.08. The topological polar surface area (TPSA) is 67.9 Å². The maximum atomic E-state index is 12.7. The molecule has 6 nitrogen and oxygen atoms in total. The van der Waals surface area contributed by atoms with E-state index in [1.807, 2.05) is 30.3 Å². The number of carbonyl (C=O) groups excluding carboxylic acids is 2. The molecule has 0 radical (unpaired) electrons. The molecule has 6 heteroatoms. The normalized spacial score (nSPS) is 14.3. The predicted octanol–water partition coefficient (Wildman–Crippen LogP) is 3.56. The van der Waals surface area contributed by atoms with Crippen LogP contribution in [0, 0.1) is 11.8 Å². The maximum Gasteiger partial charge on any atom is 0.333 e. The van der Waals surface area contributed by atoms with Crippen LogP contribution in [0.25, 0.3) is 0 Å². The first-order valence-corrected chi connectivity index (χ1v) is 11.6. The van der Waals surface area contributed by atoms with E-state index in [1.165, 1.54) is 12.7 Å². The summed E-state index contributed by atoms with van der Waals surface area (Å²) >= 11 is 0. The molecule has 1 fully saturated rings. The van der Waals surface area contributed by atoms with Crippen molar-refractivity contribution in [2.75, 3.05) is 33.4 Å². The molecule has 3 aromatic carbocycles. The SMILES string of the molecule is COC(=O)[C@@H](NC(=O)c1ccc(C#Cc2ccc(CN3CCOCC3)cc2)cc1)c1ccccc1. The van der Waals surface area contributed by atoms with Crippen LogP contribution < -0.4 is 5.32 Å². The number of amides is 1. The van der Waals surface area contributed by atoms with Crippen molar-refractivity contribution in [2.45, 2.75) is 12.6 Å². The number of esters is 1. The first-order valence-electron chi connectivity index (χ1n) is 11.6. The van der Waals surface area contributed by atoms with E-state index in [2.05, 4.69) is 34.2 Å². The summed E-state index contributed by atoms with van der Waals surface area (Å²) in [5, 5.41) is 2.75. The summed E-state index contributed by atoms with van der Waals surface area (Å²) in [5.74, 6) is 5.42. The van der Waals surface area contributed by atoms with Crippen molar-refractivity contribution in [3.8, 4) is 11.8 Å². The minimum absolute atomic E-state index is 0.361. The Morgan fingerprint density at radius 3 is 2.11 bits per heavy atom. The average molecular weight is 469 g/mol. The van der Waals surface area contributed by atoms with Gasteiger partial charge in [0, 0.05) is 36.3 Å². The summed E-state index contributed by atoms with van der Waals surface area (Å²) in [6.07, 6.45) is 0.